The van der Waals surface area contributed by atoms with E-state index in [0.717, 1.165) is 10.1 Å². The number of non-ortho nitro benzene ring substituents is 1. The fourth-order valence-corrected chi connectivity index (χ4v) is 3.23. The predicted octanol–water partition coefficient (Wildman–Crippen LogP) is 2.82. The van der Waals surface area contributed by atoms with Crippen molar-refractivity contribution in [1.82, 2.24) is 29.7 Å². The highest BCUT2D eigenvalue weighted by Crippen LogP contribution is 2.18. The van der Waals surface area contributed by atoms with Crippen LogP contribution in [-0.2, 0) is 6.54 Å². The molecule has 0 fully saturated rings. The summed E-state index contributed by atoms with van der Waals surface area (Å²) in [6, 6.07) is 9.72. The molecule has 0 aliphatic carbocycles. The third-order valence-corrected chi connectivity index (χ3v) is 4.76. The molecule has 1 aromatic carbocycles. The average Bonchev–Trinajstić information content (AvgIpc) is 3.28. The molecular weight excluding hydrogens is 442 g/mol. The van der Waals surface area contributed by atoms with Crippen LogP contribution in [0.1, 0.15) is 21.9 Å². The molecule has 0 spiro atoms. The molecule has 0 radical (unpaired) electrons. The van der Waals surface area contributed by atoms with Crippen LogP contribution in [0.25, 0.3) is 11.3 Å². The van der Waals surface area contributed by atoms with Gasteiger partial charge >= 0.3 is 0 Å². The van der Waals surface area contributed by atoms with Crippen molar-refractivity contribution in [3.8, 4) is 5.69 Å². The Kier molecular flexibility index (Phi) is 4.80. The predicted molar refractivity (Wildman–Crippen MR) is 107 cm³/mol. The molecule has 0 bridgehead atoms. The van der Waals surface area contributed by atoms with Gasteiger partial charge in [-0.15, -0.1) is 5.10 Å². The molecule has 4 aromatic rings. The smallest absolute Gasteiger partial charge is 0.274 e. The van der Waals surface area contributed by atoms with Gasteiger partial charge in [-0.2, -0.15) is 0 Å². The molecule has 4 rings (SSSR count). The Bertz CT molecular complexity index is 1250. The van der Waals surface area contributed by atoms with Crippen molar-refractivity contribution in [1.29, 1.82) is 0 Å². The zero-order valence-electron chi connectivity index (χ0n) is 15.1. The molecule has 0 unspecified atom stereocenters. The number of aromatic nitrogens is 5. The molecule has 1 N–H and O–H groups in total. The number of hydrogen-bond acceptors (Lipinski definition) is 6. The highest BCUT2D eigenvalue weighted by Gasteiger charge is 2.18. The van der Waals surface area contributed by atoms with Crippen LogP contribution in [0.3, 0.4) is 0 Å². The van der Waals surface area contributed by atoms with Gasteiger partial charge in [-0.3, -0.25) is 14.9 Å². The Balaban J connectivity index is 1.52. The molecule has 10 nitrogen and oxygen atoms in total. The molecule has 29 heavy (non-hydrogen) atoms. The molecule has 11 heteroatoms. The van der Waals surface area contributed by atoms with Gasteiger partial charge in [0.05, 0.1) is 28.5 Å². The van der Waals surface area contributed by atoms with E-state index < -0.39 is 10.8 Å². The van der Waals surface area contributed by atoms with Gasteiger partial charge in [0.2, 0.25) is 0 Å². The summed E-state index contributed by atoms with van der Waals surface area (Å²) in [5.41, 5.74) is 2.46. The maximum Gasteiger partial charge on any atom is 0.274 e. The quantitative estimate of drug-likeness (QED) is 0.364. The van der Waals surface area contributed by atoms with E-state index in [4.69, 9.17) is 0 Å². The van der Waals surface area contributed by atoms with Gasteiger partial charge in [0.15, 0.2) is 5.69 Å². The third kappa shape index (κ3) is 3.72. The second-order valence-electron chi connectivity index (χ2n) is 6.24. The number of amides is 1. The highest BCUT2D eigenvalue weighted by molar-refractivity contribution is 9.10. The molecule has 146 valence electrons. The molecule has 0 aliphatic rings. The monoisotopic (exact) mass is 455 g/mol. The van der Waals surface area contributed by atoms with Crippen molar-refractivity contribution in [2.24, 2.45) is 0 Å². The third-order valence-electron chi connectivity index (χ3n) is 4.29. The van der Waals surface area contributed by atoms with Crippen molar-refractivity contribution in [2.75, 3.05) is 0 Å². The fraction of sp³-hybridized carbons (Fsp3) is 0.111. The Labute approximate surface area is 172 Å². The van der Waals surface area contributed by atoms with Crippen molar-refractivity contribution in [3.63, 3.8) is 0 Å². The van der Waals surface area contributed by atoms with Gasteiger partial charge in [0, 0.05) is 29.0 Å². The molecule has 0 saturated heterocycles. The number of carbonyl (C=O) groups is 1. The summed E-state index contributed by atoms with van der Waals surface area (Å²) in [4.78, 5) is 27.5. The largest absolute Gasteiger partial charge is 0.345 e. The lowest BCUT2D eigenvalue weighted by atomic mass is 10.2. The minimum Gasteiger partial charge on any atom is -0.345 e. The van der Waals surface area contributed by atoms with E-state index in [1.165, 1.54) is 16.8 Å². The van der Waals surface area contributed by atoms with Crippen molar-refractivity contribution in [3.05, 3.63) is 80.5 Å². The number of nitro benzene ring substituents is 1. The lowest BCUT2D eigenvalue weighted by Gasteiger charge is -2.04. The molecule has 0 atom stereocenters. The van der Waals surface area contributed by atoms with Gasteiger partial charge in [-0.25, -0.2) is 9.67 Å². The van der Waals surface area contributed by atoms with Crippen LogP contribution < -0.4 is 5.32 Å². The number of carbonyl (C=O) groups excluding carboxylic acids is 1. The SMILES string of the molecule is Cc1c(C(=O)NCc2cn3cc(Br)ccc3n2)nnn1-c1cccc([N+](=O)[O-])c1. The van der Waals surface area contributed by atoms with E-state index in [-0.39, 0.29) is 17.9 Å². The number of nitro groups is 1. The Morgan fingerprint density at radius 3 is 2.90 bits per heavy atom. The summed E-state index contributed by atoms with van der Waals surface area (Å²) in [5.74, 6) is -0.405. The standard InChI is InChI=1S/C18H14BrN7O3/c1-11-17(22-23-25(11)14-3-2-4-15(7-14)26(28)29)18(27)20-8-13-10-24-9-12(19)5-6-16(24)21-13/h2-7,9-10H,8H2,1H3,(H,20,27). The molecule has 0 aliphatic heterocycles. The number of halogens is 1. The summed E-state index contributed by atoms with van der Waals surface area (Å²) in [6.07, 6.45) is 3.70. The zero-order valence-corrected chi connectivity index (χ0v) is 16.7. The van der Waals surface area contributed by atoms with Crippen LogP contribution >= 0.6 is 15.9 Å². The average molecular weight is 456 g/mol. The summed E-state index contributed by atoms with van der Waals surface area (Å²) in [6.45, 7) is 1.90. The van der Waals surface area contributed by atoms with E-state index in [2.05, 4.69) is 36.5 Å². The molecular formula is C18H14BrN7O3. The van der Waals surface area contributed by atoms with Crippen LogP contribution in [0.2, 0.25) is 0 Å². The summed E-state index contributed by atoms with van der Waals surface area (Å²) in [7, 11) is 0. The topological polar surface area (TPSA) is 120 Å². The maximum absolute atomic E-state index is 12.6. The number of fused-ring (bicyclic) bond motifs is 1. The van der Waals surface area contributed by atoms with E-state index in [1.807, 2.05) is 28.9 Å². The number of nitrogens with zero attached hydrogens (tertiary/aromatic N) is 6. The minimum absolute atomic E-state index is 0.0677. The first-order chi connectivity index (χ1) is 13.9. The van der Waals surface area contributed by atoms with E-state index >= 15 is 0 Å². The first kappa shape index (κ1) is 18.7. The highest BCUT2D eigenvalue weighted by atomic mass is 79.9. The number of imidazole rings is 1. The van der Waals surface area contributed by atoms with Crippen molar-refractivity contribution in [2.45, 2.75) is 13.5 Å². The Hall–Kier alpha value is -3.60. The van der Waals surface area contributed by atoms with E-state index in [9.17, 15) is 14.9 Å². The van der Waals surface area contributed by atoms with E-state index in [0.29, 0.717) is 17.1 Å². The van der Waals surface area contributed by atoms with Gasteiger partial charge in [-0.05, 0) is 41.1 Å². The second-order valence-corrected chi connectivity index (χ2v) is 7.16. The van der Waals surface area contributed by atoms with Crippen LogP contribution in [0, 0.1) is 17.0 Å². The number of nitrogens with one attached hydrogen (secondary N) is 1. The summed E-state index contributed by atoms with van der Waals surface area (Å²) in [5, 5.41) is 21.6. The number of rotatable bonds is 5. The zero-order chi connectivity index (χ0) is 20.5. The van der Waals surface area contributed by atoms with Gasteiger partial charge < -0.3 is 9.72 Å². The molecule has 3 aromatic heterocycles. The van der Waals surface area contributed by atoms with Gasteiger partial charge in [0.1, 0.15) is 5.65 Å². The van der Waals surface area contributed by atoms with Crippen LogP contribution in [-0.4, -0.2) is 35.2 Å². The molecule has 3 heterocycles. The first-order valence-electron chi connectivity index (χ1n) is 8.51. The second kappa shape index (κ2) is 7.43. The normalized spacial score (nSPS) is 11.0. The van der Waals surface area contributed by atoms with Crippen molar-refractivity contribution < 1.29 is 9.72 Å². The van der Waals surface area contributed by atoms with Gasteiger partial charge in [0.25, 0.3) is 11.6 Å². The molecule has 0 saturated carbocycles. The van der Waals surface area contributed by atoms with Crippen LogP contribution in [0.15, 0.2) is 53.3 Å². The number of hydrogen-bond donors (Lipinski definition) is 1. The lowest BCUT2D eigenvalue weighted by Crippen LogP contribution is -2.24. The van der Waals surface area contributed by atoms with Crippen molar-refractivity contribution >= 4 is 33.2 Å². The maximum atomic E-state index is 12.6. The Morgan fingerprint density at radius 1 is 1.28 bits per heavy atom. The number of benzene rings is 1. The van der Waals surface area contributed by atoms with Crippen LogP contribution in [0.4, 0.5) is 5.69 Å². The minimum atomic E-state index is -0.489. The van der Waals surface area contributed by atoms with Gasteiger partial charge in [-0.1, -0.05) is 11.3 Å². The Morgan fingerprint density at radius 2 is 2.10 bits per heavy atom. The summed E-state index contributed by atoms with van der Waals surface area (Å²) >= 11 is 3.40. The first-order valence-corrected chi connectivity index (χ1v) is 9.30. The molecule has 1 amide bonds. The fourth-order valence-electron chi connectivity index (χ4n) is 2.88. The lowest BCUT2D eigenvalue weighted by molar-refractivity contribution is -0.384. The van der Waals surface area contributed by atoms with E-state index in [1.54, 1.807) is 19.1 Å². The van der Waals surface area contributed by atoms with Crippen LogP contribution in [0.5, 0.6) is 0 Å². The summed E-state index contributed by atoms with van der Waals surface area (Å²) < 4.78 is 4.17. The number of pyridine rings is 1.